The molecule has 0 aromatic heterocycles. The van der Waals surface area contributed by atoms with Crippen LogP contribution in [0.15, 0.2) is 16.6 Å². The van der Waals surface area contributed by atoms with Crippen molar-refractivity contribution in [2.75, 3.05) is 0 Å². The summed E-state index contributed by atoms with van der Waals surface area (Å²) in [5.74, 6) is -1.05. The number of rotatable bonds is 1. The third kappa shape index (κ3) is 2.56. The highest BCUT2D eigenvalue weighted by Gasteiger charge is 2.26. The number of carbonyl (C=O) groups is 1. The Morgan fingerprint density at radius 3 is 2.40 bits per heavy atom. The number of phenolic OH excluding ortho intramolecular Hbond substituents is 1. The highest BCUT2D eigenvalue weighted by Crippen LogP contribution is 2.33. The van der Waals surface area contributed by atoms with Crippen molar-refractivity contribution in [2.45, 2.75) is 20.8 Å². The highest BCUT2D eigenvalue weighted by molar-refractivity contribution is 9.10. The molecule has 1 rings (SSSR count). The Kier molecular flexibility index (Phi) is 3.19. The zero-order valence-electron chi connectivity index (χ0n) is 8.77. The molecule has 0 spiro atoms. The Morgan fingerprint density at radius 2 is 1.93 bits per heavy atom. The van der Waals surface area contributed by atoms with E-state index in [4.69, 9.17) is 0 Å². The third-order valence-electron chi connectivity index (χ3n) is 1.95. The molecule has 15 heavy (non-hydrogen) atoms. The van der Waals surface area contributed by atoms with Crippen LogP contribution in [0.25, 0.3) is 0 Å². The average molecular weight is 275 g/mol. The third-order valence-corrected chi connectivity index (χ3v) is 2.56. The number of halogens is 2. The molecule has 0 saturated carbocycles. The Balaban J connectivity index is 3.32. The Labute approximate surface area is 96.2 Å². The fourth-order valence-electron chi connectivity index (χ4n) is 1.14. The highest BCUT2D eigenvalue weighted by atomic mass is 79.9. The number of ketones is 1. The summed E-state index contributed by atoms with van der Waals surface area (Å²) in [5, 5.41) is 9.62. The second-order valence-corrected chi connectivity index (χ2v) is 5.22. The maximum atomic E-state index is 13.1. The van der Waals surface area contributed by atoms with E-state index in [9.17, 15) is 14.3 Å². The monoisotopic (exact) mass is 274 g/mol. The molecule has 0 unspecified atom stereocenters. The van der Waals surface area contributed by atoms with Crippen molar-refractivity contribution >= 4 is 21.7 Å². The van der Waals surface area contributed by atoms with Crippen LogP contribution < -0.4 is 0 Å². The summed E-state index contributed by atoms with van der Waals surface area (Å²) < 4.78 is 13.3. The maximum Gasteiger partial charge on any atom is 0.172 e. The Hall–Kier alpha value is -0.900. The van der Waals surface area contributed by atoms with Crippen LogP contribution in [0.1, 0.15) is 31.1 Å². The minimum atomic E-state index is -0.648. The SMILES string of the molecule is CC(C)(C)C(=O)c1cc(F)cc(Br)c1O. The molecule has 0 aliphatic carbocycles. The van der Waals surface area contributed by atoms with E-state index in [0.717, 1.165) is 12.1 Å². The second-order valence-electron chi connectivity index (χ2n) is 4.36. The van der Waals surface area contributed by atoms with E-state index in [1.54, 1.807) is 20.8 Å². The van der Waals surface area contributed by atoms with Crippen LogP contribution >= 0.6 is 15.9 Å². The van der Waals surface area contributed by atoms with Crippen molar-refractivity contribution in [2.24, 2.45) is 5.41 Å². The molecule has 0 fully saturated rings. The fourth-order valence-corrected chi connectivity index (χ4v) is 1.58. The van der Waals surface area contributed by atoms with Crippen LogP contribution in [-0.2, 0) is 0 Å². The van der Waals surface area contributed by atoms with Crippen LogP contribution in [0.4, 0.5) is 4.39 Å². The molecule has 0 heterocycles. The molecule has 1 aromatic carbocycles. The maximum absolute atomic E-state index is 13.1. The number of benzene rings is 1. The topological polar surface area (TPSA) is 37.3 Å². The van der Waals surface area contributed by atoms with Crippen molar-refractivity contribution in [3.8, 4) is 5.75 Å². The van der Waals surface area contributed by atoms with Gasteiger partial charge in [0.25, 0.3) is 0 Å². The van der Waals surface area contributed by atoms with Gasteiger partial charge in [-0.05, 0) is 28.1 Å². The standard InChI is InChI=1S/C11H12BrFO2/c1-11(2,3)10(15)7-4-6(13)5-8(12)9(7)14/h4-5,14H,1-3H3. The average Bonchev–Trinajstić information content (AvgIpc) is 2.08. The summed E-state index contributed by atoms with van der Waals surface area (Å²) in [6.07, 6.45) is 0. The minimum absolute atomic E-state index is 0.00868. The summed E-state index contributed by atoms with van der Waals surface area (Å²) in [6.45, 7) is 5.15. The summed E-state index contributed by atoms with van der Waals surface area (Å²) >= 11 is 2.99. The summed E-state index contributed by atoms with van der Waals surface area (Å²) in [7, 11) is 0. The lowest BCUT2D eigenvalue weighted by Gasteiger charge is -2.17. The molecule has 0 radical (unpaired) electrons. The molecule has 82 valence electrons. The number of phenols is 1. The van der Waals surface area contributed by atoms with E-state index < -0.39 is 11.2 Å². The van der Waals surface area contributed by atoms with E-state index in [0.29, 0.717) is 0 Å². The molecule has 0 saturated heterocycles. The quantitative estimate of drug-likeness (QED) is 0.796. The van der Waals surface area contributed by atoms with Gasteiger partial charge in [0, 0.05) is 5.41 Å². The van der Waals surface area contributed by atoms with Gasteiger partial charge in [0.05, 0.1) is 10.0 Å². The molecule has 4 heteroatoms. The molecule has 0 amide bonds. The van der Waals surface area contributed by atoms with E-state index in [2.05, 4.69) is 15.9 Å². The zero-order chi connectivity index (χ0) is 11.8. The van der Waals surface area contributed by atoms with Crippen LogP contribution in [0.2, 0.25) is 0 Å². The number of hydrogen-bond donors (Lipinski definition) is 1. The number of aromatic hydroxyl groups is 1. The van der Waals surface area contributed by atoms with Gasteiger partial charge in [-0.2, -0.15) is 0 Å². The van der Waals surface area contributed by atoms with Gasteiger partial charge in [-0.3, -0.25) is 4.79 Å². The lowest BCUT2D eigenvalue weighted by molar-refractivity contribution is 0.0855. The first kappa shape index (κ1) is 12.2. The zero-order valence-corrected chi connectivity index (χ0v) is 10.4. The van der Waals surface area contributed by atoms with Gasteiger partial charge in [0.2, 0.25) is 0 Å². The molecule has 1 N–H and O–H groups in total. The van der Waals surface area contributed by atoms with Crippen molar-refractivity contribution in [3.63, 3.8) is 0 Å². The van der Waals surface area contributed by atoms with Gasteiger partial charge in [0.15, 0.2) is 5.78 Å². The van der Waals surface area contributed by atoms with Gasteiger partial charge in [-0.15, -0.1) is 0 Å². The second kappa shape index (κ2) is 3.93. The molecule has 0 aliphatic heterocycles. The molecular formula is C11H12BrFO2. The summed E-state index contributed by atoms with van der Waals surface area (Å²) in [4.78, 5) is 11.8. The minimum Gasteiger partial charge on any atom is -0.506 e. The van der Waals surface area contributed by atoms with Gasteiger partial charge in [0.1, 0.15) is 11.6 Å². The lowest BCUT2D eigenvalue weighted by atomic mass is 9.86. The first-order chi connectivity index (χ1) is 6.73. The molecular weight excluding hydrogens is 263 g/mol. The van der Waals surface area contributed by atoms with Gasteiger partial charge < -0.3 is 5.11 Å². The van der Waals surface area contributed by atoms with Crippen LogP contribution in [-0.4, -0.2) is 10.9 Å². The van der Waals surface area contributed by atoms with E-state index in [-0.39, 0.29) is 21.6 Å². The molecule has 0 aliphatic rings. The molecule has 1 aromatic rings. The number of Topliss-reactive ketones (excluding diaryl/α,β-unsaturated/α-hetero) is 1. The molecule has 0 atom stereocenters. The predicted octanol–water partition coefficient (Wildman–Crippen LogP) is 3.52. The Morgan fingerprint density at radius 1 is 1.40 bits per heavy atom. The largest absolute Gasteiger partial charge is 0.506 e. The van der Waals surface area contributed by atoms with Gasteiger partial charge in [-0.1, -0.05) is 20.8 Å². The summed E-state index contributed by atoms with van der Waals surface area (Å²) in [6, 6.07) is 2.17. The van der Waals surface area contributed by atoms with E-state index in [1.165, 1.54) is 0 Å². The first-order valence-electron chi connectivity index (χ1n) is 4.46. The van der Waals surface area contributed by atoms with Crippen molar-refractivity contribution < 1.29 is 14.3 Å². The van der Waals surface area contributed by atoms with Gasteiger partial charge in [-0.25, -0.2) is 4.39 Å². The lowest BCUT2D eigenvalue weighted by Crippen LogP contribution is -2.20. The normalized spacial score (nSPS) is 11.5. The number of carbonyl (C=O) groups excluding carboxylic acids is 1. The van der Waals surface area contributed by atoms with Gasteiger partial charge >= 0.3 is 0 Å². The van der Waals surface area contributed by atoms with Crippen molar-refractivity contribution in [3.05, 3.63) is 28.0 Å². The van der Waals surface area contributed by atoms with E-state index in [1.807, 2.05) is 0 Å². The first-order valence-corrected chi connectivity index (χ1v) is 5.25. The molecule has 2 nitrogen and oxygen atoms in total. The molecule has 0 bridgehead atoms. The van der Waals surface area contributed by atoms with Crippen LogP contribution in [0.3, 0.4) is 0 Å². The van der Waals surface area contributed by atoms with Crippen LogP contribution in [0.5, 0.6) is 5.75 Å². The van der Waals surface area contributed by atoms with Crippen molar-refractivity contribution in [1.29, 1.82) is 0 Å². The Bertz CT molecular complexity index is 408. The smallest absolute Gasteiger partial charge is 0.172 e. The van der Waals surface area contributed by atoms with E-state index >= 15 is 0 Å². The fraction of sp³-hybridized carbons (Fsp3) is 0.364. The predicted molar refractivity (Wildman–Crippen MR) is 59.6 cm³/mol. The van der Waals surface area contributed by atoms with Crippen LogP contribution in [0, 0.1) is 11.2 Å². The number of hydrogen-bond acceptors (Lipinski definition) is 2. The van der Waals surface area contributed by atoms with Crippen molar-refractivity contribution in [1.82, 2.24) is 0 Å². The summed E-state index contributed by atoms with van der Waals surface area (Å²) in [5.41, 5.74) is -0.639.